The third kappa shape index (κ3) is 3.16. The van der Waals surface area contributed by atoms with Gasteiger partial charge in [0.15, 0.2) is 0 Å². The van der Waals surface area contributed by atoms with Crippen LogP contribution in [0.5, 0.6) is 5.75 Å². The van der Waals surface area contributed by atoms with Crippen LogP contribution in [-0.2, 0) is 0 Å². The van der Waals surface area contributed by atoms with E-state index >= 15 is 0 Å². The first-order chi connectivity index (χ1) is 13.0. The molecule has 0 bridgehead atoms. The van der Waals surface area contributed by atoms with E-state index in [1.807, 2.05) is 56.3 Å². The fourth-order valence-electron chi connectivity index (χ4n) is 3.30. The molecule has 2 heterocycles. The zero-order valence-electron chi connectivity index (χ0n) is 15.1. The van der Waals surface area contributed by atoms with E-state index in [2.05, 4.69) is 6.07 Å². The summed E-state index contributed by atoms with van der Waals surface area (Å²) in [5, 5.41) is 9.24. The first-order valence-corrected chi connectivity index (χ1v) is 8.72. The molecule has 4 rings (SSSR count). The lowest BCUT2D eigenvalue weighted by Gasteiger charge is -2.31. The van der Waals surface area contributed by atoms with E-state index in [9.17, 15) is 10.1 Å². The van der Waals surface area contributed by atoms with Gasteiger partial charge in [-0.25, -0.2) is 0 Å². The van der Waals surface area contributed by atoms with Crippen LogP contribution in [0.15, 0.2) is 77.7 Å². The monoisotopic (exact) mass is 354 g/mol. The van der Waals surface area contributed by atoms with Gasteiger partial charge in [0.25, 0.3) is 5.56 Å². The Morgan fingerprint density at radius 1 is 1.00 bits per heavy atom. The highest BCUT2D eigenvalue weighted by atomic mass is 16.5. The molecule has 0 saturated heterocycles. The standard InChI is InChI=1S/C23H18N2O2/c1-23(2)14-20(19-12-16(15-24)8-9-21(19)27-23)25-11-10-18(13-22(25)26)17-6-4-3-5-7-17/h3-14H,1-2H3. The van der Waals surface area contributed by atoms with Crippen molar-refractivity contribution in [1.82, 2.24) is 4.57 Å². The molecular formula is C23H18N2O2. The zero-order chi connectivity index (χ0) is 19.0. The molecule has 0 fully saturated rings. The Balaban J connectivity index is 1.87. The molecule has 4 nitrogen and oxygen atoms in total. The van der Waals surface area contributed by atoms with E-state index in [0.717, 1.165) is 22.4 Å². The van der Waals surface area contributed by atoms with Crippen LogP contribution in [0.4, 0.5) is 0 Å². The molecule has 0 radical (unpaired) electrons. The fraction of sp³-hybridized carbons (Fsp3) is 0.130. The molecule has 1 aliphatic rings. The van der Waals surface area contributed by atoms with Crippen LogP contribution < -0.4 is 10.3 Å². The van der Waals surface area contributed by atoms with Gasteiger partial charge in [0.1, 0.15) is 11.4 Å². The van der Waals surface area contributed by atoms with Crippen molar-refractivity contribution in [2.24, 2.45) is 0 Å². The maximum Gasteiger partial charge on any atom is 0.255 e. The number of ether oxygens (including phenoxy) is 1. The molecule has 0 amide bonds. The topological polar surface area (TPSA) is 55.0 Å². The lowest BCUT2D eigenvalue weighted by molar-refractivity contribution is 0.157. The van der Waals surface area contributed by atoms with Crippen LogP contribution in [0.25, 0.3) is 16.8 Å². The zero-order valence-corrected chi connectivity index (χ0v) is 15.1. The molecule has 1 aromatic heterocycles. The number of nitrogens with zero attached hydrogens (tertiary/aromatic N) is 2. The highest BCUT2D eigenvalue weighted by Gasteiger charge is 2.28. The number of pyridine rings is 1. The summed E-state index contributed by atoms with van der Waals surface area (Å²) in [5.74, 6) is 0.663. The van der Waals surface area contributed by atoms with E-state index in [4.69, 9.17) is 4.74 Å². The Morgan fingerprint density at radius 3 is 2.48 bits per heavy atom. The van der Waals surface area contributed by atoms with E-state index in [-0.39, 0.29) is 5.56 Å². The van der Waals surface area contributed by atoms with Gasteiger partial charge in [-0.1, -0.05) is 30.3 Å². The first kappa shape index (κ1) is 16.9. The number of aromatic nitrogens is 1. The second kappa shape index (κ2) is 6.30. The van der Waals surface area contributed by atoms with E-state index < -0.39 is 5.60 Å². The molecule has 132 valence electrons. The van der Waals surface area contributed by atoms with Gasteiger partial charge in [0.2, 0.25) is 0 Å². The molecule has 0 spiro atoms. The molecule has 0 N–H and O–H groups in total. The van der Waals surface area contributed by atoms with Gasteiger partial charge in [0, 0.05) is 17.8 Å². The molecule has 0 unspecified atom stereocenters. The molecular weight excluding hydrogens is 336 g/mol. The average molecular weight is 354 g/mol. The maximum atomic E-state index is 12.9. The van der Waals surface area contributed by atoms with Gasteiger partial charge in [0.05, 0.1) is 17.3 Å². The molecule has 1 aliphatic heterocycles. The third-order valence-electron chi connectivity index (χ3n) is 4.53. The van der Waals surface area contributed by atoms with Gasteiger partial charge in [-0.05, 0) is 55.3 Å². The first-order valence-electron chi connectivity index (χ1n) is 8.72. The van der Waals surface area contributed by atoms with Gasteiger partial charge in [-0.15, -0.1) is 0 Å². The van der Waals surface area contributed by atoms with Crippen molar-refractivity contribution in [2.45, 2.75) is 19.4 Å². The van der Waals surface area contributed by atoms with Gasteiger partial charge < -0.3 is 4.74 Å². The summed E-state index contributed by atoms with van der Waals surface area (Å²) < 4.78 is 7.61. The van der Waals surface area contributed by atoms with Crippen molar-refractivity contribution in [3.8, 4) is 22.9 Å². The molecule has 3 aromatic rings. The van der Waals surface area contributed by atoms with Crippen molar-refractivity contribution >= 4 is 5.70 Å². The Morgan fingerprint density at radius 2 is 1.78 bits per heavy atom. The molecule has 4 heteroatoms. The van der Waals surface area contributed by atoms with Crippen molar-refractivity contribution in [1.29, 1.82) is 5.26 Å². The summed E-state index contributed by atoms with van der Waals surface area (Å²) >= 11 is 0. The van der Waals surface area contributed by atoms with E-state index in [1.165, 1.54) is 0 Å². The van der Waals surface area contributed by atoms with Crippen LogP contribution in [0.2, 0.25) is 0 Å². The van der Waals surface area contributed by atoms with Gasteiger partial charge in [-0.2, -0.15) is 5.26 Å². The van der Waals surface area contributed by atoms with Crippen LogP contribution >= 0.6 is 0 Å². The Bertz CT molecular complexity index is 1150. The van der Waals surface area contributed by atoms with Crippen molar-refractivity contribution in [2.75, 3.05) is 0 Å². The molecule has 0 aliphatic carbocycles. The predicted octanol–water partition coefficient (Wildman–Crippen LogP) is 4.45. The Hall–Kier alpha value is -3.58. The number of hydrogen-bond acceptors (Lipinski definition) is 3. The smallest absolute Gasteiger partial charge is 0.255 e. The summed E-state index contributed by atoms with van der Waals surface area (Å²) in [6, 6.07) is 20.8. The summed E-state index contributed by atoms with van der Waals surface area (Å²) in [7, 11) is 0. The number of fused-ring (bicyclic) bond motifs is 1. The summed E-state index contributed by atoms with van der Waals surface area (Å²) in [6.45, 7) is 3.88. The summed E-state index contributed by atoms with van der Waals surface area (Å²) in [4.78, 5) is 12.9. The maximum absolute atomic E-state index is 12.9. The Kier molecular flexibility index (Phi) is 3.93. The average Bonchev–Trinajstić information content (AvgIpc) is 2.67. The minimum Gasteiger partial charge on any atom is -0.483 e. The summed E-state index contributed by atoms with van der Waals surface area (Å²) in [6.07, 6.45) is 3.70. The number of nitriles is 1. The van der Waals surface area contributed by atoms with E-state index in [1.54, 1.807) is 35.0 Å². The Labute approximate surface area is 157 Å². The van der Waals surface area contributed by atoms with Crippen LogP contribution in [0, 0.1) is 11.3 Å². The van der Waals surface area contributed by atoms with Crippen molar-refractivity contribution in [3.05, 3.63) is 94.4 Å². The fourth-order valence-corrected chi connectivity index (χ4v) is 3.30. The third-order valence-corrected chi connectivity index (χ3v) is 4.53. The molecule has 27 heavy (non-hydrogen) atoms. The molecule has 0 atom stereocenters. The number of hydrogen-bond donors (Lipinski definition) is 0. The van der Waals surface area contributed by atoms with Gasteiger partial charge in [-0.3, -0.25) is 9.36 Å². The summed E-state index contributed by atoms with van der Waals surface area (Å²) in [5.41, 5.74) is 3.16. The largest absolute Gasteiger partial charge is 0.483 e. The van der Waals surface area contributed by atoms with Crippen molar-refractivity contribution in [3.63, 3.8) is 0 Å². The van der Waals surface area contributed by atoms with Gasteiger partial charge >= 0.3 is 0 Å². The second-order valence-electron chi connectivity index (χ2n) is 7.05. The van der Waals surface area contributed by atoms with E-state index in [0.29, 0.717) is 11.3 Å². The molecule has 2 aromatic carbocycles. The van der Waals surface area contributed by atoms with Crippen LogP contribution in [0.1, 0.15) is 25.0 Å². The van der Waals surface area contributed by atoms with Crippen LogP contribution in [-0.4, -0.2) is 10.2 Å². The highest BCUT2D eigenvalue weighted by molar-refractivity contribution is 5.75. The minimum absolute atomic E-state index is 0.131. The number of benzene rings is 2. The normalized spacial score (nSPS) is 14.5. The SMILES string of the molecule is CC1(C)C=C(n2ccc(-c3ccccc3)cc2=O)c2cc(C#N)ccc2O1. The van der Waals surface area contributed by atoms with Crippen molar-refractivity contribution < 1.29 is 4.74 Å². The lowest BCUT2D eigenvalue weighted by atomic mass is 9.97. The predicted molar refractivity (Wildman–Crippen MR) is 105 cm³/mol. The van der Waals surface area contributed by atoms with Crippen LogP contribution in [0.3, 0.4) is 0 Å². The number of rotatable bonds is 2. The minimum atomic E-state index is -0.561. The quantitative estimate of drug-likeness (QED) is 0.683. The lowest BCUT2D eigenvalue weighted by Crippen LogP contribution is -2.32. The second-order valence-corrected chi connectivity index (χ2v) is 7.05. The molecule has 0 saturated carbocycles. The highest BCUT2D eigenvalue weighted by Crippen LogP contribution is 2.37.